The molecule has 2 aromatic carbocycles. The van der Waals surface area contributed by atoms with Gasteiger partial charge in [0.05, 0.1) is 16.2 Å². The van der Waals surface area contributed by atoms with Gasteiger partial charge in [-0.25, -0.2) is 13.1 Å². The molecule has 10 nitrogen and oxygen atoms in total. The first kappa shape index (κ1) is 22.0. The summed E-state index contributed by atoms with van der Waals surface area (Å²) in [6.07, 6.45) is -0.269. The molecule has 2 aromatic rings. The molecule has 11 heteroatoms. The van der Waals surface area contributed by atoms with Crippen molar-refractivity contribution in [1.82, 2.24) is 4.72 Å². The molecule has 0 atom stereocenters. The molecule has 0 bridgehead atoms. The van der Waals surface area contributed by atoms with Gasteiger partial charge < -0.3 is 10.1 Å². The van der Waals surface area contributed by atoms with Crippen LogP contribution >= 0.6 is 0 Å². The minimum Gasteiger partial charge on any atom is -0.456 e. The van der Waals surface area contributed by atoms with Crippen LogP contribution in [0.5, 0.6) is 0 Å². The number of carbonyl (C=O) groups excluding carboxylic acids is 2. The van der Waals surface area contributed by atoms with Gasteiger partial charge in [-0.2, -0.15) is 0 Å². The molecule has 0 aliphatic heterocycles. The number of aryl methyl sites for hydroxylation is 1. The van der Waals surface area contributed by atoms with Crippen LogP contribution in [0.4, 0.5) is 11.4 Å². The first-order chi connectivity index (χ1) is 13.7. The average Bonchev–Trinajstić information content (AvgIpc) is 2.67. The van der Waals surface area contributed by atoms with Crippen molar-refractivity contribution in [2.45, 2.75) is 18.2 Å². The Morgan fingerprint density at radius 2 is 1.83 bits per heavy atom. The highest BCUT2D eigenvalue weighted by molar-refractivity contribution is 7.89. The maximum atomic E-state index is 12.1. The largest absolute Gasteiger partial charge is 0.456 e. The fourth-order valence-corrected chi connectivity index (χ4v) is 3.23. The number of anilines is 1. The molecule has 0 unspecified atom stereocenters. The number of hydrogen-bond acceptors (Lipinski definition) is 7. The molecular formula is C18H19N3O7S. The minimum absolute atomic E-state index is 0.0767. The molecular weight excluding hydrogens is 402 g/mol. The Morgan fingerprint density at radius 3 is 2.48 bits per heavy atom. The smallest absolute Gasteiger partial charge is 0.307 e. The topological polar surface area (TPSA) is 145 Å². The van der Waals surface area contributed by atoms with E-state index in [-0.39, 0.29) is 29.2 Å². The number of nitro benzene ring substituents is 1. The van der Waals surface area contributed by atoms with Gasteiger partial charge in [0.2, 0.25) is 10.0 Å². The molecule has 2 N–H and O–H groups in total. The van der Waals surface area contributed by atoms with Gasteiger partial charge in [-0.05, 0) is 25.1 Å². The molecule has 29 heavy (non-hydrogen) atoms. The van der Waals surface area contributed by atoms with Crippen molar-refractivity contribution in [1.29, 1.82) is 0 Å². The van der Waals surface area contributed by atoms with Gasteiger partial charge in [0.25, 0.3) is 11.6 Å². The maximum absolute atomic E-state index is 12.1. The molecule has 0 saturated heterocycles. The third kappa shape index (κ3) is 6.97. The van der Waals surface area contributed by atoms with Gasteiger partial charge >= 0.3 is 5.97 Å². The average molecular weight is 421 g/mol. The highest BCUT2D eigenvalue weighted by Gasteiger charge is 2.15. The van der Waals surface area contributed by atoms with Crippen molar-refractivity contribution in [3.8, 4) is 0 Å². The van der Waals surface area contributed by atoms with Crippen molar-refractivity contribution in [2.24, 2.45) is 0 Å². The normalized spacial score (nSPS) is 10.9. The number of esters is 1. The van der Waals surface area contributed by atoms with E-state index in [9.17, 15) is 28.1 Å². The Bertz CT molecular complexity index is 1000. The maximum Gasteiger partial charge on any atom is 0.307 e. The van der Waals surface area contributed by atoms with Gasteiger partial charge in [-0.15, -0.1) is 0 Å². The molecule has 0 spiro atoms. The number of carbonyl (C=O) groups is 2. The lowest BCUT2D eigenvalue weighted by Gasteiger charge is -2.08. The monoisotopic (exact) mass is 421 g/mol. The number of nitro groups is 1. The predicted molar refractivity (Wildman–Crippen MR) is 104 cm³/mol. The number of rotatable bonds is 9. The molecule has 0 heterocycles. The Hall–Kier alpha value is -3.31. The third-order valence-corrected chi connectivity index (χ3v) is 5.13. The fourth-order valence-electron chi connectivity index (χ4n) is 2.20. The molecule has 0 saturated carbocycles. The van der Waals surface area contributed by atoms with Crippen LogP contribution in [-0.4, -0.2) is 38.4 Å². The van der Waals surface area contributed by atoms with Crippen molar-refractivity contribution < 1.29 is 27.7 Å². The molecule has 0 radical (unpaired) electrons. The highest BCUT2D eigenvalue weighted by atomic mass is 32.2. The van der Waals surface area contributed by atoms with E-state index in [4.69, 9.17) is 4.74 Å². The van der Waals surface area contributed by atoms with Crippen molar-refractivity contribution in [3.05, 3.63) is 64.2 Å². The van der Waals surface area contributed by atoms with E-state index < -0.39 is 33.4 Å². The zero-order chi connectivity index (χ0) is 21.4. The van der Waals surface area contributed by atoms with Crippen LogP contribution in [0.25, 0.3) is 0 Å². The highest BCUT2D eigenvalue weighted by Crippen LogP contribution is 2.16. The zero-order valence-corrected chi connectivity index (χ0v) is 16.3. The number of non-ortho nitro benzene ring substituents is 1. The molecule has 0 fully saturated rings. The number of nitrogens with zero attached hydrogens (tertiary/aromatic N) is 1. The van der Waals surface area contributed by atoms with Gasteiger partial charge in [-0.1, -0.05) is 23.8 Å². The summed E-state index contributed by atoms with van der Waals surface area (Å²) in [5.41, 5.74) is 0.905. The van der Waals surface area contributed by atoms with Crippen LogP contribution in [0.1, 0.15) is 12.0 Å². The van der Waals surface area contributed by atoms with E-state index in [1.165, 1.54) is 36.4 Å². The number of sulfonamides is 1. The van der Waals surface area contributed by atoms with Crippen LogP contribution in [-0.2, 0) is 24.3 Å². The Balaban J connectivity index is 1.75. The summed E-state index contributed by atoms with van der Waals surface area (Å²) < 4.78 is 31.2. The van der Waals surface area contributed by atoms with Gasteiger partial charge in [-0.3, -0.25) is 19.7 Å². The Kier molecular flexibility index (Phi) is 7.39. The first-order valence-corrected chi connectivity index (χ1v) is 9.92. The summed E-state index contributed by atoms with van der Waals surface area (Å²) in [6, 6.07) is 11.5. The van der Waals surface area contributed by atoms with E-state index in [1.54, 1.807) is 12.1 Å². The minimum atomic E-state index is -3.75. The summed E-state index contributed by atoms with van der Waals surface area (Å²) in [7, 11) is -3.75. The third-order valence-electron chi connectivity index (χ3n) is 3.66. The molecule has 0 aliphatic rings. The molecule has 154 valence electrons. The quantitative estimate of drug-likeness (QED) is 0.356. The molecule has 1 amide bonds. The van der Waals surface area contributed by atoms with Crippen LogP contribution in [0, 0.1) is 17.0 Å². The summed E-state index contributed by atoms with van der Waals surface area (Å²) in [5, 5.41) is 13.1. The number of hydrogen-bond donors (Lipinski definition) is 2. The molecule has 0 aromatic heterocycles. The van der Waals surface area contributed by atoms with Crippen molar-refractivity contribution >= 4 is 33.3 Å². The molecule has 0 aliphatic carbocycles. The van der Waals surface area contributed by atoms with Crippen LogP contribution < -0.4 is 10.0 Å². The van der Waals surface area contributed by atoms with Gasteiger partial charge in [0, 0.05) is 24.4 Å². The Labute approximate surface area is 167 Å². The van der Waals surface area contributed by atoms with Crippen LogP contribution in [0.15, 0.2) is 53.4 Å². The van der Waals surface area contributed by atoms with E-state index in [2.05, 4.69) is 10.0 Å². The van der Waals surface area contributed by atoms with E-state index in [0.29, 0.717) is 0 Å². The van der Waals surface area contributed by atoms with Crippen molar-refractivity contribution in [2.75, 3.05) is 18.5 Å². The zero-order valence-electron chi connectivity index (χ0n) is 15.5. The molecule has 2 rings (SSSR count). The fraction of sp³-hybridized carbons (Fsp3) is 0.222. The van der Waals surface area contributed by atoms with E-state index in [1.807, 2.05) is 6.92 Å². The van der Waals surface area contributed by atoms with Crippen molar-refractivity contribution in [3.63, 3.8) is 0 Å². The van der Waals surface area contributed by atoms with Gasteiger partial charge in [0.15, 0.2) is 6.61 Å². The Morgan fingerprint density at radius 1 is 1.14 bits per heavy atom. The number of amides is 1. The van der Waals surface area contributed by atoms with Gasteiger partial charge in [0.1, 0.15) is 0 Å². The second-order valence-electron chi connectivity index (χ2n) is 5.98. The van der Waals surface area contributed by atoms with E-state index in [0.717, 1.165) is 5.56 Å². The first-order valence-electron chi connectivity index (χ1n) is 8.43. The SMILES string of the molecule is Cc1ccc(S(=O)(=O)NCCC(=O)OCC(=O)Nc2cccc([N+](=O)[O-])c2)cc1. The lowest BCUT2D eigenvalue weighted by atomic mass is 10.2. The summed E-state index contributed by atoms with van der Waals surface area (Å²) >= 11 is 0. The second-order valence-corrected chi connectivity index (χ2v) is 7.74. The van der Waals surface area contributed by atoms with E-state index >= 15 is 0 Å². The lowest BCUT2D eigenvalue weighted by molar-refractivity contribution is -0.384. The predicted octanol–water partition coefficient (Wildman–Crippen LogP) is 1.75. The summed E-state index contributed by atoms with van der Waals surface area (Å²) in [5.74, 6) is -1.45. The number of ether oxygens (including phenoxy) is 1. The van der Waals surface area contributed by atoms with Crippen LogP contribution in [0.3, 0.4) is 0 Å². The standard InChI is InChI=1S/C18H19N3O7S/c1-13-5-7-16(8-6-13)29(26,27)19-10-9-18(23)28-12-17(22)20-14-3-2-4-15(11-14)21(24)25/h2-8,11,19H,9-10,12H2,1H3,(H,20,22). The summed E-state index contributed by atoms with van der Waals surface area (Å²) in [6.45, 7) is 1.03. The number of benzene rings is 2. The number of nitrogens with one attached hydrogen (secondary N) is 2. The lowest BCUT2D eigenvalue weighted by Crippen LogP contribution is -2.28. The second kappa shape index (κ2) is 9.75. The summed E-state index contributed by atoms with van der Waals surface area (Å²) in [4.78, 5) is 33.6. The van der Waals surface area contributed by atoms with Crippen LogP contribution in [0.2, 0.25) is 0 Å².